The molecule has 0 radical (unpaired) electrons. The van der Waals surface area contributed by atoms with Crippen LogP contribution < -0.4 is 0 Å². The molecule has 1 unspecified atom stereocenters. The maximum atomic E-state index is 12.3. The molecule has 0 aliphatic heterocycles. The van der Waals surface area contributed by atoms with E-state index in [2.05, 4.69) is 12.1 Å². The first kappa shape index (κ1) is 16.2. The molecule has 0 aromatic heterocycles. The highest BCUT2D eigenvalue weighted by molar-refractivity contribution is 6.00. The summed E-state index contributed by atoms with van der Waals surface area (Å²) in [6.45, 7) is 4.74. The summed E-state index contributed by atoms with van der Waals surface area (Å²) in [7, 11) is 3.54. The van der Waals surface area contributed by atoms with Crippen LogP contribution in [0, 0.1) is 0 Å². The molecule has 116 valence electrons. The van der Waals surface area contributed by atoms with Crippen LogP contribution in [-0.2, 0) is 4.74 Å². The standard InChI is InChI=1S/C19H23NO2/c1-5-22-14(2)15-10-12-16(13-11-15)17-8-6-7-9-18(17)19(21)20(3)4/h6-14H,5H2,1-4H3. The van der Waals surface area contributed by atoms with Gasteiger partial charge in [-0.2, -0.15) is 0 Å². The number of benzene rings is 2. The van der Waals surface area contributed by atoms with Gasteiger partial charge in [-0.05, 0) is 36.6 Å². The molecule has 2 aromatic rings. The van der Waals surface area contributed by atoms with Gasteiger partial charge in [-0.15, -0.1) is 0 Å². The molecular weight excluding hydrogens is 274 g/mol. The lowest BCUT2D eigenvalue weighted by Gasteiger charge is -2.15. The predicted octanol–water partition coefficient (Wildman–Crippen LogP) is 4.15. The quantitative estimate of drug-likeness (QED) is 0.829. The van der Waals surface area contributed by atoms with Gasteiger partial charge in [-0.1, -0.05) is 42.5 Å². The highest BCUT2D eigenvalue weighted by atomic mass is 16.5. The molecule has 3 nitrogen and oxygen atoms in total. The van der Waals surface area contributed by atoms with Gasteiger partial charge in [0.25, 0.3) is 5.91 Å². The summed E-state index contributed by atoms with van der Waals surface area (Å²) < 4.78 is 5.61. The van der Waals surface area contributed by atoms with Crippen molar-refractivity contribution in [1.29, 1.82) is 0 Å². The van der Waals surface area contributed by atoms with Crippen molar-refractivity contribution in [3.63, 3.8) is 0 Å². The number of hydrogen-bond donors (Lipinski definition) is 0. The second-order valence-electron chi connectivity index (χ2n) is 5.46. The summed E-state index contributed by atoms with van der Waals surface area (Å²) in [4.78, 5) is 13.9. The molecule has 2 aromatic carbocycles. The second kappa shape index (κ2) is 7.23. The Balaban J connectivity index is 2.35. The number of hydrogen-bond acceptors (Lipinski definition) is 2. The molecule has 0 fully saturated rings. The van der Waals surface area contributed by atoms with Gasteiger partial charge in [0, 0.05) is 26.3 Å². The molecule has 1 atom stereocenters. The Labute approximate surface area is 132 Å². The van der Waals surface area contributed by atoms with Crippen molar-refractivity contribution >= 4 is 5.91 Å². The first-order valence-corrected chi connectivity index (χ1v) is 7.57. The van der Waals surface area contributed by atoms with E-state index in [-0.39, 0.29) is 12.0 Å². The van der Waals surface area contributed by atoms with E-state index in [1.165, 1.54) is 0 Å². The molecule has 0 N–H and O–H groups in total. The van der Waals surface area contributed by atoms with Gasteiger partial charge in [0.15, 0.2) is 0 Å². The van der Waals surface area contributed by atoms with E-state index in [4.69, 9.17) is 4.74 Å². The van der Waals surface area contributed by atoms with Crippen LogP contribution in [0.15, 0.2) is 48.5 Å². The highest BCUT2D eigenvalue weighted by Crippen LogP contribution is 2.26. The molecule has 3 heteroatoms. The van der Waals surface area contributed by atoms with Crippen LogP contribution in [0.3, 0.4) is 0 Å². The largest absolute Gasteiger partial charge is 0.374 e. The zero-order valence-corrected chi connectivity index (χ0v) is 13.7. The van der Waals surface area contributed by atoms with Crippen LogP contribution in [-0.4, -0.2) is 31.5 Å². The molecule has 2 rings (SSSR count). The van der Waals surface area contributed by atoms with E-state index in [0.717, 1.165) is 22.3 Å². The lowest BCUT2D eigenvalue weighted by Crippen LogP contribution is -2.22. The molecule has 1 amide bonds. The lowest BCUT2D eigenvalue weighted by molar-refractivity contribution is 0.0764. The van der Waals surface area contributed by atoms with E-state index in [1.807, 2.05) is 50.2 Å². The van der Waals surface area contributed by atoms with Crippen molar-refractivity contribution in [2.24, 2.45) is 0 Å². The first-order valence-electron chi connectivity index (χ1n) is 7.57. The molecule has 0 aliphatic carbocycles. The van der Waals surface area contributed by atoms with E-state index < -0.39 is 0 Å². The summed E-state index contributed by atoms with van der Waals surface area (Å²) in [6.07, 6.45) is 0.0812. The summed E-state index contributed by atoms with van der Waals surface area (Å²) in [6, 6.07) is 15.9. The topological polar surface area (TPSA) is 29.5 Å². The molecule has 0 spiro atoms. The zero-order chi connectivity index (χ0) is 16.1. The van der Waals surface area contributed by atoms with Crippen LogP contribution >= 0.6 is 0 Å². The molecule has 0 saturated heterocycles. The molecule has 0 bridgehead atoms. The van der Waals surface area contributed by atoms with Gasteiger partial charge in [0.05, 0.1) is 6.10 Å². The highest BCUT2D eigenvalue weighted by Gasteiger charge is 2.14. The molecule has 22 heavy (non-hydrogen) atoms. The predicted molar refractivity (Wildman–Crippen MR) is 89.9 cm³/mol. The first-order chi connectivity index (χ1) is 10.5. The second-order valence-corrected chi connectivity index (χ2v) is 5.46. The SMILES string of the molecule is CCOC(C)c1ccc(-c2ccccc2C(=O)N(C)C)cc1. The summed E-state index contributed by atoms with van der Waals surface area (Å²) >= 11 is 0. The van der Waals surface area contributed by atoms with Gasteiger partial charge >= 0.3 is 0 Å². The van der Waals surface area contributed by atoms with Gasteiger partial charge < -0.3 is 9.64 Å². The van der Waals surface area contributed by atoms with Crippen LogP contribution in [0.1, 0.15) is 35.9 Å². The molecule has 0 saturated carbocycles. The van der Waals surface area contributed by atoms with Crippen LogP contribution in [0.2, 0.25) is 0 Å². The normalized spacial score (nSPS) is 12.0. The fraction of sp³-hybridized carbons (Fsp3) is 0.316. The Kier molecular flexibility index (Phi) is 5.34. The van der Waals surface area contributed by atoms with E-state index in [1.54, 1.807) is 19.0 Å². The Hall–Kier alpha value is -2.13. The van der Waals surface area contributed by atoms with E-state index in [9.17, 15) is 4.79 Å². The van der Waals surface area contributed by atoms with Gasteiger partial charge in [-0.25, -0.2) is 0 Å². The van der Waals surface area contributed by atoms with Crippen molar-refractivity contribution < 1.29 is 9.53 Å². The Morgan fingerprint density at radius 3 is 2.32 bits per heavy atom. The summed E-state index contributed by atoms with van der Waals surface area (Å²) in [5, 5.41) is 0. The van der Waals surface area contributed by atoms with Gasteiger partial charge in [0.1, 0.15) is 0 Å². The molecule has 0 heterocycles. The van der Waals surface area contributed by atoms with Crippen molar-refractivity contribution in [3.05, 3.63) is 59.7 Å². The minimum absolute atomic E-state index is 0.0161. The maximum Gasteiger partial charge on any atom is 0.253 e. The lowest BCUT2D eigenvalue weighted by atomic mass is 9.97. The summed E-state index contributed by atoms with van der Waals surface area (Å²) in [5.41, 5.74) is 3.86. The van der Waals surface area contributed by atoms with Crippen molar-refractivity contribution in [2.75, 3.05) is 20.7 Å². The fourth-order valence-electron chi connectivity index (χ4n) is 2.44. The number of amides is 1. The molecule has 0 aliphatic rings. The zero-order valence-electron chi connectivity index (χ0n) is 13.7. The molecular formula is C19H23NO2. The van der Waals surface area contributed by atoms with E-state index in [0.29, 0.717) is 6.61 Å². The van der Waals surface area contributed by atoms with Crippen molar-refractivity contribution in [1.82, 2.24) is 4.90 Å². The van der Waals surface area contributed by atoms with E-state index >= 15 is 0 Å². The fourth-order valence-corrected chi connectivity index (χ4v) is 2.44. The van der Waals surface area contributed by atoms with Crippen LogP contribution in [0.5, 0.6) is 0 Å². The van der Waals surface area contributed by atoms with Gasteiger partial charge in [-0.3, -0.25) is 4.79 Å². The average Bonchev–Trinajstić information content (AvgIpc) is 2.54. The number of ether oxygens (including phenoxy) is 1. The van der Waals surface area contributed by atoms with Crippen molar-refractivity contribution in [2.45, 2.75) is 20.0 Å². The number of rotatable bonds is 5. The van der Waals surface area contributed by atoms with Crippen LogP contribution in [0.4, 0.5) is 0 Å². The van der Waals surface area contributed by atoms with Crippen molar-refractivity contribution in [3.8, 4) is 11.1 Å². The minimum Gasteiger partial charge on any atom is -0.374 e. The third kappa shape index (κ3) is 3.55. The van der Waals surface area contributed by atoms with Crippen LogP contribution in [0.25, 0.3) is 11.1 Å². The Bertz CT molecular complexity index is 632. The number of nitrogens with zero attached hydrogens (tertiary/aromatic N) is 1. The Morgan fingerprint density at radius 2 is 1.73 bits per heavy atom. The number of carbonyl (C=O) groups is 1. The van der Waals surface area contributed by atoms with Gasteiger partial charge in [0.2, 0.25) is 0 Å². The third-order valence-electron chi connectivity index (χ3n) is 3.67. The smallest absolute Gasteiger partial charge is 0.253 e. The average molecular weight is 297 g/mol. The third-order valence-corrected chi connectivity index (χ3v) is 3.67. The summed E-state index contributed by atoms with van der Waals surface area (Å²) in [5.74, 6) is 0.0161. The monoisotopic (exact) mass is 297 g/mol. The maximum absolute atomic E-state index is 12.3. The minimum atomic E-state index is 0.0161. The number of carbonyl (C=O) groups excluding carboxylic acids is 1. The Morgan fingerprint density at radius 1 is 1.09 bits per heavy atom.